The number of likely N-dealkylation sites (N-methyl/N-ethyl adjacent to an activating group) is 1. The molecule has 1 unspecified atom stereocenters. The highest BCUT2D eigenvalue weighted by Crippen LogP contribution is 2.39. The summed E-state index contributed by atoms with van der Waals surface area (Å²) in [6.07, 6.45) is 0.823. The molecule has 3 aromatic carbocycles. The topological polar surface area (TPSA) is 23.6 Å². The van der Waals surface area contributed by atoms with Crippen molar-refractivity contribution >= 4 is 34.0 Å². The number of rotatable bonds is 5. The number of halogens is 1. The van der Waals surface area contributed by atoms with Crippen molar-refractivity contribution < 1.29 is 4.79 Å². The molecule has 4 heteroatoms. The quantitative estimate of drug-likeness (QED) is 0.553. The molecular formula is C25H25ClN2O. The molecule has 1 aliphatic heterocycles. The molecular weight excluding hydrogens is 380 g/mol. The Morgan fingerprint density at radius 1 is 1.10 bits per heavy atom. The van der Waals surface area contributed by atoms with Crippen molar-refractivity contribution in [3.8, 4) is 0 Å². The van der Waals surface area contributed by atoms with Gasteiger partial charge in [-0.15, -0.1) is 0 Å². The molecule has 0 aromatic heterocycles. The predicted octanol–water partition coefficient (Wildman–Crippen LogP) is 5.59. The Hall–Kier alpha value is -2.78. The number of carbonyl (C=O) groups is 1. The maximum atomic E-state index is 13.3. The van der Waals surface area contributed by atoms with E-state index in [0.29, 0.717) is 11.6 Å². The van der Waals surface area contributed by atoms with Crippen LogP contribution in [0.5, 0.6) is 0 Å². The van der Waals surface area contributed by atoms with E-state index < -0.39 is 5.54 Å². The van der Waals surface area contributed by atoms with Crippen LogP contribution in [0.25, 0.3) is 16.5 Å². The largest absolute Gasteiger partial charge is 0.357 e. The molecule has 0 saturated carbocycles. The maximum absolute atomic E-state index is 13.3. The fourth-order valence-electron chi connectivity index (χ4n) is 4.09. The summed E-state index contributed by atoms with van der Waals surface area (Å²) in [5.41, 5.74) is 2.46. The summed E-state index contributed by atoms with van der Waals surface area (Å²) in [4.78, 5) is 17.2. The van der Waals surface area contributed by atoms with Gasteiger partial charge in [-0.05, 0) is 53.4 Å². The van der Waals surface area contributed by atoms with Crippen LogP contribution < -0.4 is 0 Å². The zero-order chi connectivity index (χ0) is 20.6. The highest BCUT2D eigenvalue weighted by atomic mass is 35.5. The van der Waals surface area contributed by atoms with Gasteiger partial charge in [-0.1, -0.05) is 66.7 Å². The van der Waals surface area contributed by atoms with Gasteiger partial charge in [0.25, 0.3) is 0 Å². The van der Waals surface area contributed by atoms with E-state index in [4.69, 9.17) is 11.6 Å². The van der Waals surface area contributed by atoms with Gasteiger partial charge in [0.1, 0.15) is 5.54 Å². The lowest BCUT2D eigenvalue weighted by molar-refractivity contribution is -0.147. The maximum Gasteiger partial charge on any atom is 0.248 e. The highest BCUT2D eigenvalue weighted by molar-refractivity contribution is 6.30. The van der Waals surface area contributed by atoms with Crippen LogP contribution in [0.3, 0.4) is 0 Å². The van der Waals surface area contributed by atoms with Crippen LogP contribution >= 0.6 is 11.6 Å². The fourth-order valence-corrected chi connectivity index (χ4v) is 4.21. The predicted molar refractivity (Wildman–Crippen MR) is 121 cm³/mol. The van der Waals surface area contributed by atoms with E-state index in [1.54, 1.807) is 4.90 Å². The molecule has 1 saturated heterocycles. The van der Waals surface area contributed by atoms with Gasteiger partial charge >= 0.3 is 0 Å². The third kappa shape index (κ3) is 3.63. The Labute approximate surface area is 177 Å². The van der Waals surface area contributed by atoms with Crippen LogP contribution in [-0.2, 0) is 11.3 Å². The molecule has 1 heterocycles. The summed E-state index contributed by atoms with van der Waals surface area (Å²) in [6, 6.07) is 22.3. The van der Waals surface area contributed by atoms with Crippen LogP contribution in [0.2, 0.25) is 5.02 Å². The molecule has 3 aromatic rings. The summed E-state index contributed by atoms with van der Waals surface area (Å²) in [7, 11) is 1.86. The number of hydrogen-bond acceptors (Lipinski definition) is 2. The van der Waals surface area contributed by atoms with Crippen LogP contribution in [0, 0.1) is 0 Å². The summed E-state index contributed by atoms with van der Waals surface area (Å²) in [5, 5.41) is 3.08. The summed E-state index contributed by atoms with van der Waals surface area (Å²) in [6.45, 7) is 7.74. The van der Waals surface area contributed by atoms with Gasteiger partial charge in [-0.25, -0.2) is 0 Å². The first-order valence-corrected chi connectivity index (χ1v) is 10.2. The standard InChI is InChI=1S/C25H25ClN2O/c1-18(21-11-10-20-6-4-5-7-22(20)16-21)28-15-14-25(28,2)24(29)27(3)17-19-8-12-23(26)13-9-19/h4-13,16H,1,14-15,17H2,2-3H3. The van der Waals surface area contributed by atoms with E-state index >= 15 is 0 Å². The van der Waals surface area contributed by atoms with Crippen LogP contribution in [0.15, 0.2) is 73.3 Å². The first-order chi connectivity index (χ1) is 13.9. The molecule has 0 N–H and O–H groups in total. The lowest BCUT2D eigenvalue weighted by Crippen LogP contribution is -2.64. The van der Waals surface area contributed by atoms with Gasteiger partial charge in [0.05, 0.1) is 0 Å². The van der Waals surface area contributed by atoms with E-state index in [-0.39, 0.29) is 5.91 Å². The molecule has 1 atom stereocenters. The van der Waals surface area contributed by atoms with Crippen molar-refractivity contribution in [2.45, 2.75) is 25.4 Å². The average Bonchev–Trinajstić information content (AvgIpc) is 2.73. The van der Waals surface area contributed by atoms with Crippen molar-refractivity contribution in [2.75, 3.05) is 13.6 Å². The lowest BCUT2D eigenvalue weighted by atomic mass is 9.83. The molecule has 0 aliphatic carbocycles. The van der Waals surface area contributed by atoms with Crippen molar-refractivity contribution in [3.63, 3.8) is 0 Å². The number of likely N-dealkylation sites (tertiary alicyclic amines) is 1. The van der Waals surface area contributed by atoms with Gasteiger partial charge in [0, 0.05) is 30.9 Å². The number of hydrogen-bond donors (Lipinski definition) is 0. The second-order valence-electron chi connectivity index (χ2n) is 7.97. The van der Waals surface area contributed by atoms with Crippen LogP contribution in [0.4, 0.5) is 0 Å². The smallest absolute Gasteiger partial charge is 0.248 e. The Bertz CT molecular complexity index is 1080. The first-order valence-electron chi connectivity index (χ1n) is 9.84. The molecule has 1 amide bonds. The summed E-state index contributed by atoms with van der Waals surface area (Å²) in [5.74, 6) is 0.112. The molecule has 0 spiro atoms. The molecule has 1 aliphatic rings. The fraction of sp³-hybridized carbons (Fsp3) is 0.240. The van der Waals surface area contributed by atoms with Gasteiger partial charge in [0.15, 0.2) is 0 Å². The van der Waals surface area contributed by atoms with E-state index in [1.807, 2.05) is 50.4 Å². The van der Waals surface area contributed by atoms with Gasteiger partial charge in [-0.3, -0.25) is 4.79 Å². The molecule has 1 fully saturated rings. The number of amides is 1. The van der Waals surface area contributed by atoms with Crippen molar-refractivity contribution in [3.05, 3.63) is 89.5 Å². The normalized spacial score (nSPS) is 18.4. The summed E-state index contributed by atoms with van der Waals surface area (Å²) < 4.78 is 0. The third-order valence-electron chi connectivity index (χ3n) is 5.97. The van der Waals surface area contributed by atoms with Crippen molar-refractivity contribution in [1.29, 1.82) is 0 Å². The Morgan fingerprint density at radius 3 is 2.45 bits per heavy atom. The number of carbonyl (C=O) groups excluding carboxylic acids is 1. The molecule has 4 rings (SSSR count). The van der Waals surface area contributed by atoms with Crippen molar-refractivity contribution in [2.24, 2.45) is 0 Å². The number of fused-ring (bicyclic) bond motifs is 1. The van der Waals surface area contributed by atoms with Gasteiger partial charge in [-0.2, -0.15) is 0 Å². The third-order valence-corrected chi connectivity index (χ3v) is 6.22. The Balaban J connectivity index is 1.51. The molecule has 148 valence electrons. The second kappa shape index (κ2) is 7.57. The van der Waals surface area contributed by atoms with Crippen molar-refractivity contribution in [1.82, 2.24) is 9.80 Å². The van der Waals surface area contributed by atoms with Gasteiger partial charge in [0.2, 0.25) is 5.91 Å². The van der Waals surface area contributed by atoms with E-state index in [1.165, 1.54) is 10.8 Å². The van der Waals surface area contributed by atoms with E-state index in [9.17, 15) is 4.79 Å². The minimum Gasteiger partial charge on any atom is -0.357 e. The number of benzene rings is 3. The highest BCUT2D eigenvalue weighted by Gasteiger charge is 2.48. The second-order valence-corrected chi connectivity index (χ2v) is 8.41. The Kier molecular flexibility index (Phi) is 5.10. The van der Waals surface area contributed by atoms with Gasteiger partial charge < -0.3 is 9.80 Å². The monoisotopic (exact) mass is 404 g/mol. The molecule has 29 heavy (non-hydrogen) atoms. The first kappa shape index (κ1) is 19.5. The zero-order valence-electron chi connectivity index (χ0n) is 16.9. The number of nitrogens with zero attached hydrogens (tertiary/aromatic N) is 2. The minimum absolute atomic E-state index is 0.112. The summed E-state index contributed by atoms with van der Waals surface area (Å²) >= 11 is 5.97. The zero-order valence-corrected chi connectivity index (χ0v) is 17.6. The lowest BCUT2D eigenvalue weighted by Gasteiger charge is -2.52. The SMILES string of the molecule is C=C(c1ccc2ccccc2c1)N1CCC1(C)C(=O)N(C)Cc1ccc(Cl)cc1. The Morgan fingerprint density at radius 2 is 1.79 bits per heavy atom. The minimum atomic E-state index is -0.566. The molecule has 0 bridgehead atoms. The van der Waals surface area contributed by atoms with E-state index in [0.717, 1.165) is 29.8 Å². The van der Waals surface area contributed by atoms with Crippen LogP contribution in [-0.4, -0.2) is 34.8 Å². The molecule has 0 radical (unpaired) electrons. The van der Waals surface area contributed by atoms with Crippen LogP contribution in [0.1, 0.15) is 24.5 Å². The van der Waals surface area contributed by atoms with E-state index in [2.05, 4.69) is 41.8 Å². The average molecular weight is 405 g/mol. The molecule has 3 nitrogen and oxygen atoms in total.